The molecule has 0 rings (SSSR count). The van der Waals surface area contributed by atoms with Crippen LogP contribution in [0.2, 0.25) is 0 Å². The zero-order chi connectivity index (χ0) is 13.3. The quantitative estimate of drug-likeness (QED) is 0.747. The van der Waals surface area contributed by atoms with Gasteiger partial charge in [0.2, 0.25) is 6.17 Å². The number of alkyl halides is 1. The molecule has 0 aromatic rings. The molecule has 16 heavy (non-hydrogen) atoms. The summed E-state index contributed by atoms with van der Waals surface area (Å²) in [5.41, 5.74) is -2.90. The third kappa shape index (κ3) is 2.87. The molecule has 1 unspecified atom stereocenters. The molecule has 0 saturated heterocycles. The third-order valence-electron chi connectivity index (χ3n) is 2.35. The summed E-state index contributed by atoms with van der Waals surface area (Å²) < 4.78 is 13.6. The smallest absolute Gasteiger partial charge is 0.316 e. The molecule has 0 radical (unpaired) electrons. The molecule has 5 heteroatoms. The maximum absolute atomic E-state index is 13.6. The fourth-order valence-electron chi connectivity index (χ4n) is 0.921. The first-order valence-electron chi connectivity index (χ1n) is 4.88. The summed E-state index contributed by atoms with van der Waals surface area (Å²) in [6, 6.07) is 0. The van der Waals surface area contributed by atoms with Crippen LogP contribution < -0.4 is 0 Å². The normalized spacial score (nSPS) is 14.4. The topological polar surface area (TPSA) is 71.4 Å². The van der Waals surface area contributed by atoms with E-state index < -0.39 is 34.5 Å². The summed E-state index contributed by atoms with van der Waals surface area (Å²) in [4.78, 5) is 33.7. The van der Waals surface area contributed by atoms with Gasteiger partial charge in [-0.1, -0.05) is 20.8 Å². The molecule has 0 aromatic heterocycles. The Bertz CT molecular complexity index is 325. The van der Waals surface area contributed by atoms with Crippen molar-refractivity contribution < 1.29 is 23.9 Å². The molecular weight excluding hydrogens is 215 g/mol. The largest absolute Gasteiger partial charge is 0.481 e. The van der Waals surface area contributed by atoms with Crippen molar-refractivity contribution in [3.8, 4) is 0 Å². The number of carbonyl (C=O) groups is 3. The lowest BCUT2D eigenvalue weighted by atomic mass is 9.79. The first-order chi connectivity index (χ1) is 6.92. The Morgan fingerprint density at radius 3 is 1.62 bits per heavy atom. The number of hydrogen-bond acceptors (Lipinski definition) is 3. The number of carboxylic acids is 1. The molecule has 0 fully saturated rings. The summed E-state index contributed by atoms with van der Waals surface area (Å²) in [6.07, 6.45) is -2.38. The van der Waals surface area contributed by atoms with Crippen molar-refractivity contribution in [1.29, 1.82) is 0 Å². The van der Waals surface area contributed by atoms with E-state index in [0.29, 0.717) is 0 Å². The van der Waals surface area contributed by atoms with Crippen LogP contribution in [-0.2, 0) is 14.4 Å². The standard InChI is InChI=1S/C11H17FO4/c1-10(2,3)7(13)6(12)8(14)11(4,5)9(15)16/h6H,1-5H3,(H,15,16). The molecule has 1 N–H and O–H groups in total. The maximum Gasteiger partial charge on any atom is 0.316 e. The first-order valence-corrected chi connectivity index (χ1v) is 4.88. The Balaban J connectivity index is 5.04. The second-order valence-corrected chi connectivity index (χ2v) is 5.27. The minimum atomic E-state index is -2.38. The molecule has 92 valence electrons. The monoisotopic (exact) mass is 232 g/mol. The average molecular weight is 232 g/mol. The Labute approximate surface area is 93.8 Å². The van der Waals surface area contributed by atoms with Crippen LogP contribution in [0.5, 0.6) is 0 Å². The van der Waals surface area contributed by atoms with Gasteiger partial charge in [-0.2, -0.15) is 0 Å². The van der Waals surface area contributed by atoms with Gasteiger partial charge >= 0.3 is 5.97 Å². The van der Waals surface area contributed by atoms with Crippen molar-refractivity contribution >= 4 is 17.5 Å². The number of carboxylic acid groups (broad SMARTS) is 1. The number of carbonyl (C=O) groups excluding carboxylic acids is 2. The van der Waals surface area contributed by atoms with E-state index in [2.05, 4.69) is 0 Å². The number of rotatable bonds is 4. The lowest BCUT2D eigenvalue weighted by Gasteiger charge is -2.23. The van der Waals surface area contributed by atoms with Crippen molar-refractivity contribution in [2.24, 2.45) is 10.8 Å². The Hall–Kier alpha value is -1.26. The van der Waals surface area contributed by atoms with E-state index >= 15 is 0 Å². The lowest BCUT2D eigenvalue weighted by Crippen LogP contribution is -2.45. The van der Waals surface area contributed by atoms with Gasteiger partial charge in [-0.25, -0.2) is 4.39 Å². The fraction of sp³-hybridized carbons (Fsp3) is 0.727. The molecule has 0 aliphatic rings. The second-order valence-electron chi connectivity index (χ2n) is 5.27. The van der Waals surface area contributed by atoms with E-state index in [1.165, 1.54) is 20.8 Å². The zero-order valence-electron chi connectivity index (χ0n) is 10.1. The minimum Gasteiger partial charge on any atom is -0.481 e. The van der Waals surface area contributed by atoms with Gasteiger partial charge in [0.25, 0.3) is 0 Å². The molecule has 0 aliphatic carbocycles. The van der Waals surface area contributed by atoms with Gasteiger partial charge in [0.05, 0.1) is 0 Å². The van der Waals surface area contributed by atoms with E-state index in [1.54, 1.807) is 0 Å². The molecule has 0 heterocycles. The zero-order valence-corrected chi connectivity index (χ0v) is 10.1. The number of halogens is 1. The summed E-state index contributed by atoms with van der Waals surface area (Å²) in [5, 5.41) is 8.75. The van der Waals surface area contributed by atoms with Gasteiger partial charge in [-0.05, 0) is 13.8 Å². The van der Waals surface area contributed by atoms with Gasteiger partial charge in [0.1, 0.15) is 5.41 Å². The Kier molecular flexibility index (Phi) is 3.97. The van der Waals surface area contributed by atoms with Crippen LogP contribution in [-0.4, -0.2) is 28.8 Å². The number of aliphatic carboxylic acids is 1. The molecule has 0 spiro atoms. The predicted octanol–water partition coefficient (Wildman–Crippen LogP) is 1.62. The highest BCUT2D eigenvalue weighted by atomic mass is 19.1. The van der Waals surface area contributed by atoms with Crippen LogP contribution >= 0.6 is 0 Å². The van der Waals surface area contributed by atoms with Crippen LogP contribution in [0.4, 0.5) is 4.39 Å². The van der Waals surface area contributed by atoms with Gasteiger partial charge in [-0.15, -0.1) is 0 Å². The van der Waals surface area contributed by atoms with Crippen LogP contribution in [0, 0.1) is 10.8 Å². The predicted molar refractivity (Wildman–Crippen MR) is 55.8 cm³/mol. The van der Waals surface area contributed by atoms with E-state index in [1.807, 2.05) is 0 Å². The van der Waals surface area contributed by atoms with Gasteiger partial charge in [0.15, 0.2) is 11.6 Å². The van der Waals surface area contributed by atoms with Gasteiger partial charge in [0, 0.05) is 5.41 Å². The molecule has 0 aliphatic heterocycles. The van der Waals surface area contributed by atoms with E-state index in [-0.39, 0.29) is 0 Å². The van der Waals surface area contributed by atoms with Crippen LogP contribution in [0.3, 0.4) is 0 Å². The average Bonchev–Trinajstić information content (AvgIpc) is 2.12. The SMILES string of the molecule is CC(C)(C)C(=O)C(F)C(=O)C(C)(C)C(=O)O. The number of ketones is 2. The third-order valence-corrected chi connectivity index (χ3v) is 2.35. The molecule has 0 saturated carbocycles. The van der Waals surface area contributed by atoms with Gasteiger partial charge < -0.3 is 5.11 Å². The minimum absolute atomic E-state index is 0.896. The summed E-state index contributed by atoms with van der Waals surface area (Å²) in [5.74, 6) is -3.55. The van der Waals surface area contributed by atoms with Crippen molar-refractivity contribution in [1.82, 2.24) is 0 Å². The number of Topliss-reactive ketones (excluding diaryl/α,β-unsaturated/α-hetero) is 2. The molecule has 0 bridgehead atoms. The molecular formula is C11H17FO4. The van der Waals surface area contributed by atoms with Crippen molar-refractivity contribution in [3.63, 3.8) is 0 Å². The van der Waals surface area contributed by atoms with Crippen LogP contribution in [0.25, 0.3) is 0 Å². The molecule has 1 atom stereocenters. The molecule has 0 amide bonds. The van der Waals surface area contributed by atoms with Gasteiger partial charge in [-0.3, -0.25) is 14.4 Å². The first kappa shape index (κ1) is 14.7. The maximum atomic E-state index is 13.6. The van der Waals surface area contributed by atoms with Crippen molar-refractivity contribution in [2.45, 2.75) is 40.8 Å². The van der Waals surface area contributed by atoms with Crippen LogP contribution in [0.1, 0.15) is 34.6 Å². The summed E-state index contributed by atoms with van der Waals surface area (Å²) >= 11 is 0. The van der Waals surface area contributed by atoms with E-state index in [4.69, 9.17) is 5.11 Å². The summed E-state index contributed by atoms with van der Waals surface area (Å²) in [7, 11) is 0. The lowest BCUT2D eigenvalue weighted by molar-refractivity contribution is -0.156. The highest BCUT2D eigenvalue weighted by Gasteiger charge is 2.45. The highest BCUT2D eigenvalue weighted by Crippen LogP contribution is 2.25. The van der Waals surface area contributed by atoms with Crippen molar-refractivity contribution in [2.75, 3.05) is 0 Å². The molecule has 0 aromatic carbocycles. The number of hydrogen-bond donors (Lipinski definition) is 1. The van der Waals surface area contributed by atoms with Crippen LogP contribution in [0.15, 0.2) is 0 Å². The Morgan fingerprint density at radius 2 is 1.38 bits per heavy atom. The Morgan fingerprint density at radius 1 is 1.00 bits per heavy atom. The summed E-state index contributed by atoms with van der Waals surface area (Å²) in [6.45, 7) is 6.59. The van der Waals surface area contributed by atoms with Crippen molar-refractivity contribution in [3.05, 3.63) is 0 Å². The van der Waals surface area contributed by atoms with E-state index in [0.717, 1.165) is 13.8 Å². The second kappa shape index (κ2) is 4.31. The fourth-order valence-corrected chi connectivity index (χ4v) is 0.921. The molecule has 4 nitrogen and oxygen atoms in total. The van der Waals surface area contributed by atoms with E-state index in [9.17, 15) is 18.8 Å². The highest BCUT2D eigenvalue weighted by molar-refractivity contribution is 6.15.